The molecule has 4 rings (SSSR count). The van der Waals surface area contributed by atoms with Gasteiger partial charge in [-0.1, -0.05) is 45.8 Å². The number of aliphatic hydroxyl groups excluding tert-OH is 4. The molecule has 0 radical (unpaired) electrons. The number of carbonyl (C=O) groups is 1. The highest BCUT2D eigenvalue weighted by Crippen LogP contribution is 2.71. The van der Waals surface area contributed by atoms with Crippen LogP contribution in [0.15, 0.2) is 23.0 Å². The molecule has 8 atom stereocenters. The van der Waals surface area contributed by atoms with E-state index in [0.29, 0.717) is 19.3 Å². The van der Waals surface area contributed by atoms with Crippen molar-refractivity contribution in [3.05, 3.63) is 23.0 Å². The second-order valence-corrected chi connectivity index (χ2v) is 14.1. The molecule has 204 valence electrons. The first-order valence-corrected chi connectivity index (χ1v) is 13.8. The van der Waals surface area contributed by atoms with Crippen molar-refractivity contribution in [1.29, 1.82) is 0 Å². The fourth-order valence-corrected chi connectivity index (χ4v) is 9.15. The standard InChI is InChI=1S/C30H48O6/c1-26(2)22-10-9-19-20(28(22,5)15-21(32)25(26)35)14-24(34)30(7)18(12-13-29(19,30)6)17(16-31)8-11-23(33)27(3,4)36/h15,17-18,22-24,31-34,36H,8-14,16H2,1-7H3/t17-,18+,22-,23+,24-,28-,29-,30-/m0/s1. The molecule has 0 unspecified atom stereocenters. The molecule has 0 spiro atoms. The minimum atomic E-state index is -1.19. The van der Waals surface area contributed by atoms with Gasteiger partial charge in [-0.2, -0.15) is 0 Å². The average molecular weight is 505 g/mol. The van der Waals surface area contributed by atoms with Crippen LogP contribution in [0.5, 0.6) is 0 Å². The van der Waals surface area contributed by atoms with E-state index in [-0.39, 0.29) is 41.3 Å². The molecule has 0 bridgehead atoms. The van der Waals surface area contributed by atoms with E-state index in [4.69, 9.17) is 0 Å². The van der Waals surface area contributed by atoms with Crippen LogP contribution in [0, 0.1) is 39.4 Å². The van der Waals surface area contributed by atoms with Gasteiger partial charge in [-0.3, -0.25) is 4.79 Å². The van der Waals surface area contributed by atoms with Crippen LogP contribution in [-0.4, -0.2) is 55.7 Å². The Morgan fingerprint density at radius 1 is 1.08 bits per heavy atom. The summed E-state index contributed by atoms with van der Waals surface area (Å²) in [5.74, 6) is -0.271. The first-order chi connectivity index (χ1) is 16.5. The largest absolute Gasteiger partial charge is 0.505 e. The Kier molecular flexibility index (Phi) is 6.69. The van der Waals surface area contributed by atoms with Gasteiger partial charge in [0.1, 0.15) is 0 Å². The molecular weight excluding hydrogens is 456 g/mol. The van der Waals surface area contributed by atoms with Gasteiger partial charge >= 0.3 is 0 Å². The van der Waals surface area contributed by atoms with Gasteiger partial charge in [-0.05, 0) is 88.0 Å². The molecule has 6 heteroatoms. The molecule has 0 aliphatic heterocycles. The van der Waals surface area contributed by atoms with Gasteiger partial charge in [0, 0.05) is 22.9 Å². The fourth-order valence-electron chi connectivity index (χ4n) is 9.15. The molecule has 1 fully saturated rings. The van der Waals surface area contributed by atoms with Gasteiger partial charge in [0.25, 0.3) is 0 Å². The van der Waals surface area contributed by atoms with Gasteiger partial charge in [-0.25, -0.2) is 0 Å². The number of carbonyl (C=O) groups excluding carboxylic acids is 1. The average Bonchev–Trinajstić information content (AvgIpc) is 3.06. The number of hydrogen-bond acceptors (Lipinski definition) is 6. The lowest BCUT2D eigenvalue weighted by Crippen LogP contribution is -2.57. The number of ketones is 1. The van der Waals surface area contributed by atoms with Crippen molar-refractivity contribution in [3.8, 4) is 0 Å². The van der Waals surface area contributed by atoms with Crippen LogP contribution in [0.2, 0.25) is 0 Å². The monoisotopic (exact) mass is 504 g/mol. The molecule has 4 aliphatic carbocycles. The Hall–Kier alpha value is -1.21. The maximum absolute atomic E-state index is 12.8. The molecule has 0 aromatic carbocycles. The highest BCUT2D eigenvalue weighted by Gasteiger charge is 2.66. The van der Waals surface area contributed by atoms with Gasteiger partial charge in [0.2, 0.25) is 5.78 Å². The Balaban J connectivity index is 1.73. The lowest BCUT2D eigenvalue weighted by molar-refractivity contribution is -0.134. The van der Waals surface area contributed by atoms with E-state index in [0.717, 1.165) is 25.7 Å². The van der Waals surface area contributed by atoms with Crippen molar-refractivity contribution in [1.82, 2.24) is 0 Å². The summed E-state index contributed by atoms with van der Waals surface area (Å²) in [6, 6.07) is 0. The van der Waals surface area contributed by atoms with Gasteiger partial charge in [0.05, 0.1) is 17.8 Å². The second-order valence-electron chi connectivity index (χ2n) is 14.1. The molecular formula is C30H48O6. The normalized spacial score (nSPS) is 41.8. The van der Waals surface area contributed by atoms with Crippen molar-refractivity contribution in [3.63, 3.8) is 0 Å². The van der Waals surface area contributed by atoms with Crippen LogP contribution in [0.4, 0.5) is 0 Å². The quantitative estimate of drug-likeness (QED) is 0.341. The third-order valence-electron chi connectivity index (χ3n) is 11.6. The Morgan fingerprint density at radius 3 is 2.31 bits per heavy atom. The van der Waals surface area contributed by atoms with Crippen molar-refractivity contribution >= 4 is 5.78 Å². The molecule has 4 aliphatic rings. The minimum absolute atomic E-state index is 0.0137. The van der Waals surface area contributed by atoms with Crippen LogP contribution >= 0.6 is 0 Å². The van der Waals surface area contributed by atoms with E-state index >= 15 is 0 Å². The minimum Gasteiger partial charge on any atom is -0.505 e. The highest BCUT2D eigenvalue weighted by molar-refractivity contribution is 5.99. The van der Waals surface area contributed by atoms with E-state index in [1.54, 1.807) is 19.9 Å². The zero-order valence-electron chi connectivity index (χ0n) is 23.3. The molecule has 6 nitrogen and oxygen atoms in total. The van der Waals surface area contributed by atoms with Crippen LogP contribution in [0.25, 0.3) is 0 Å². The summed E-state index contributed by atoms with van der Waals surface area (Å²) in [6.45, 7) is 13.7. The summed E-state index contributed by atoms with van der Waals surface area (Å²) in [5.41, 5.74) is -0.466. The van der Waals surface area contributed by atoms with Crippen LogP contribution < -0.4 is 0 Å². The Morgan fingerprint density at radius 2 is 1.72 bits per heavy atom. The Labute approximate surface area is 216 Å². The number of aliphatic hydroxyl groups is 5. The first-order valence-electron chi connectivity index (χ1n) is 13.8. The van der Waals surface area contributed by atoms with Gasteiger partial charge in [0.15, 0.2) is 5.76 Å². The van der Waals surface area contributed by atoms with Crippen molar-refractivity contribution < 1.29 is 30.3 Å². The van der Waals surface area contributed by atoms with Gasteiger partial charge in [-0.15, -0.1) is 0 Å². The van der Waals surface area contributed by atoms with E-state index in [9.17, 15) is 30.3 Å². The first kappa shape index (κ1) is 27.8. The zero-order chi connectivity index (χ0) is 27.1. The maximum atomic E-state index is 12.8. The summed E-state index contributed by atoms with van der Waals surface area (Å²) < 4.78 is 0. The third-order valence-corrected chi connectivity index (χ3v) is 11.6. The third kappa shape index (κ3) is 3.69. The number of fused-ring (bicyclic) bond motifs is 4. The predicted molar refractivity (Wildman–Crippen MR) is 139 cm³/mol. The van der Waals surface area contributed by atoms with Crippen LogP contribution in [-0.2, 0) is 4.79 Å². The molecule has 36 heavy (non-hydrogen) atoms. The van der Waals surface area contributed by atoms with Crippen LogP contribution in [0.1, 0.15) is 93.4 Å². The summed E-state index contributed by atoms with van der Waals surface area (Å²) in [6.07, 6.45) is 5.31. The molecule has 5 N–H and O–H groups in total. The SMILES string of the molecule is CC(C)(O)[C@H](O)CC[C@@H](CO)[C@H]1CC[C@@]2(C)C3=C(C[C@H](O)[C@]12C)[C@]1(C)C=C(O)C(=O)C(C)(C)[C@@H]1CC3. The smallest absolute Gasteiger partial charge is 0.202 e. The van der Waals surface area contributed by atoms with E-state index in [1.165, 1.54) is 11.1 Å². The molecule has 0 aromatic rings. The topological polar surface area (TPSA) is 118 Å². The summed E-state index contributed by atoms with van der Waals surface area (Å²) >= 11 is 0. The number of rotatable bonds is 6. The highest BCUT2D eigenvalue weighted by atomic mass is 16.3. The van der Waals surface area contributed by atoms with E-state index in [2.05, 4.69) is 20.8 Å². The number of allylic oxidation sites excluding steroid dienone is 3. The van der Waals surface area contributed by atoms with Crippen LogP contribution in [0.3, 0.4) is 0 Å². The van der Waals surface area contributed by atoms with E-state index in [1.807, 2.05) is 13.8 Å². The number of Topliss-reactive ketones (excluding diaryl/α,β-unsaturated/α-hetero) is 1. The molecule has 0 saturated heterocycles. The lowest BCUT2D eigenvalue weighted by atomic mass is 9.44. The second kappa shape index (κ2) is 8.65. The zero-order valence-corrected chi connectivity index (χ0v) is 23.3. The maximum Gasteiger partial charge on any atom is 0.202 e. The van der Waals surface area contributed by atoms with Crippen molar-refractivity contribution in [2.24, 2.45) is 39.4 Å². The summed E-state index contributed by atoms with van der Waals surface area (Å²) in [5, 5.41) is 53.5. The van der Waals surface area contributed by atoms with Gasteiger partial charge < -0.3 is 25.5 Å². The lowest BCUT2D eigenvalue weighted by Gasteiger charge is -2.61. The predicted octanol–water partition coefficient (Wildman–Crippen LogP) is 4.46. The van der Waals surface area contributed by atoms with E-state index < -0.39 is 34.1 Å². The summed E-state index contributed by atoms with van der Waals surface area (Å²) in [4.78, 5) is 12.8. The van der Waals surface area contributed by atoms with Crippen molar-refractivity contribution in [2.75, 3.05) is 6.61 Å². The number of hydrogen-bond donors (Lipinski definition) is 5. The molecule has 0 amide bonds. The Bertz CT molecular complexity index is 972. The fraction of sp³-hybridized carbons (Fsp3) is 0.833. The molecule has 0 heterocycles. The summed E-state index contributed by atoms with van der Waals surface area (Å²) in [7, 11) is 0. The van der Waals surface area contributed by atoms with Crippen molar-refractivity contribution in [2.45, 2.75) is 111 Å². The molecule has 1 saturated carbocycles. The molecule has 0 aromatic heterocycles.